The maximum atomic E-state index is 12.6. The Morgan fingerprint density at radius 2 is 2.00 bits per heavy atom. The van der Waals surface area contributed by atoms with Gasteiger partial charge in [0.15, 0.2) is 0 Å². The highest BCUT2D eigenvalue weighted by molar-refractivity contribution is 6.33. The van der Waals surface area contributed by atoms with Gasteiger partial charge in [-0.15, -0.1) is 0 Å². The van der Waals surface area contributed by atoms with Crippen molar-refractivity contribution in [2.24, 2.45) is 0 Å². The molecule has 0 saturated carbocycles. The summed E-state index contributed by atoms with van der Waals surface area (Å²) in [5.74, 6) is 0.245. The SMILES string of the molecule is CC[C@@H](Nc1ncc(C(F)(F)F)cc1Cl)c1ccccc1O. The summed E-state index contributed by atoms with van der Waals surface area (Å²) >= 11 is 5.88. The molecule has 3 nitrogen and oxygen atoms in total. The fourth-order valence-electron chi connectivity index (χ4n) is 2.05. The van der Waals surface area contributed by atoms with Gasteiger partial charge in [0.1, 0.15) is 11.6 Å². The van der Waals surface area contributed by atoms with E-state index in [1.54, 1.807) is 24.3 Å². The average molecular weight is 331 g/mol. The first-order valence-corrected chi connectivity index (χ1v) is 6.98. The number of para-hydroxylation sites is 1. The number of rotatable bonds is 4. The highest BCUT2D eigenvalue weighted by Crippen LogP contribution is 2.34. The zero-order chi connectivity index (χ0) is 16.3. The smallest absolute Gasteiger partial charge is 0.417 e. The van der Waals surface area contributed by atoms with E-state index in [0.29, 0.717) is 12.0 Å². The molecule has 22 heavy (non-hydrogen) atoms. The molecular formula is C15H14ClF3N2O. The first kappa shape index (κ1) is 16.4. The average Bonchev–Trinajstić information content (AvgIpc) is 2.46. The monoisotopic (exact) mass is 330 g/mol. The summed E-state index contributed by atoms with van der Waals surface area (Å²) in [4.78, 5) is 3.74. The number of alkyl halides is 3. The van der Waals surface area contributed by atoms with Crippen molar-refractivity contribution >= 4 is 17.4 Å². The normalized spacial score (nSPS) is 13.0. The van der Waals surface area contributed by atoms with Crippen LogP contribution in [0, 0.1) is 0 Å². The van der Waals surface area contributed by atoms with Crippen LogP contribution in [0.3, 0.4) is 0 Å². The number of aromatic nitrogens is 1. The van der Waals surface area contributed by atoms with Gasteiger partial charge in [-0.1, -0.05) is 36.7 Å². The van der Waals surface area contributed by atoms with E-state index in [1.807, 2.05) is 6.92 Å². The van der Waals surface area contributed by atoms with Gasteiger partial charge >= 0.3 is 6.18 Å². The molecule has 1 heterocycles. The predicted octanol–water partition coefficient (Wildman–Crippen LogP) is 5.02. The van der Waals surface area contributed by atoms with Gasteiger partial charge in [-0.2, -0.15) is 13.2 Å². The lowest BCUT2D eigenvalue weighted by Gasteiger charge is -2.20. The van der Waals surface area contributed by atoms with Crippen LogP contribution in [0.4, 0.5) is 19.0 Å². The number of benzene rings is 1. The number of nitrogens with one attached hydrogen (secondary N) is 1. The molecule has 2 N–H and O–H groups in total. The van der Waals surface area contributed by atoms with E-state index in [2.05, 4.69) is 10.3 Å². The molecule has 0 saturated heterocycles. The lowest BCUT2D eigenvalue weighted by Crippen LogP contribution is -2.12. The van der Waals surface area contributed by atoms with E-state index in [1.165, 1.54) is 0 Å². The molecule has 0 fully saturated rings. The molecule has 1 atom stereocenters. The molecule has 118 valence electrons. The summed E-state index contributed by atoms with van der Waals surface area (Å²) in [6, 6.07) is 7.24. The summed E-state index contributed by atoms with van der Waals surface area (Å²) < 4.78 is 37.8. The molecule has 2 rings (SSSR count). The number of anilines is 1. The molecular weight excluding hydrogens is 317 g/mol. The van der Waals surface area contributed by atoms with Crippen LogP contribution >= 0.6 is 11.6 Å². The minimum Gasteiger partial charge on any atom is -0.508 e. The van der Waals surface area contributed by atoms with E-state index in [-0.39, 0.29) is 22.6 Å². The topological polar surface area (TPSA) is 45.2 Å². The molecule has 0 radical (unpaired) electrons. The van der Waals surface area contributed by atoms with Crippen LogP contribution in [0.15, 0.2) is 36.5 Å². The molecule has 7 heteroatoms. The fraction of sp³-hybridized carbons (Fsp3) is 0.267. The van der Waals surface area contributed by atoms with Crippen molar-refractivity contribution in [1.82, 2.24) is 4.98 Å². The van der Waals surface area contributed by atoms with Crippen molar-refractivity contribution < 1.29 is 18.3 Å². The summed E-state index contributed by atoms with van der Waals surface area (Å²) in [5.41, 5.74) is -0.276. The van der Waals surface area contributed by atoms with Gasteiger partial charge in [-0.3, -0.25) is 0 Å². The number of hydrogen-bond donors (Lipinski definition) is 2. The van der Waals surface area contributed by atoms with Gasteiger partial charge in [0.25, 0.3) is 0 Å². The molecule has 0 bridgehead atoms. The summed E-state index contributed by atoms with van der Waals surface area (Å²) in [6.07, 6.45) is -3.17. The molecule has 0 aliphatic heterocycles. The maximum Gasteiger partial charge on any atom is 0.417 e. The number of nitrogens with zero attached hydrogens (tertiary/aromatic N) is 1. The van der Waals surface area contributed by atoms with E-state index in [4.69, 9.17) is 11.6 Å². The van der Waals surface area contributed by atoms with Gasteiger partial charge in [0, 0.05) is 11.8 Å². The molecule has 0 unspecified atom stereocenters. The van der Waals surface area contributed by atoms with Crippen LogP contribution < -0.4 is 5.32 Å². The predicted molar refractivity (Wildman–Crippen MR) is 79.0 cm³/mol. The van der Waals surface area contributed by atoms with Gasteiger partial charge in [-0.25, -0.2) is 4.98 Å². The number of phenolic OH excluding ortho intramolecular Hbond substituents is 1. The van der Waals surface area contributed by atoms with Gasteiger partial charge < -0.3 is 10.4 Å². The van der Waals surface area contributed by atoms with Crippen molar-refractivity contribution in [3.63, 3.8) is 0 Å². The second-order valence-corrected chi connectivity index (χ2v) is 5.12. The Kier molecular flexibility index (Phi) is 4.81. The first-order chi connectivity index (χ1) is 10.3. The summed E-state index contributed by atoms with van der Waals surface area (Å²) in [7, 11) is 0. The number of aromatic hydroxyl groups is 1. The summed E-state index contributed by atoms with van der Waals surface area (Å²) in [5, 5.41) is 12.7. The minimum absolute atomic E-state index is 0.102. The zero-order valence-corrected chi connectivity index (χ0v) is 12.4. The Balaban J connectivity index is 2.27. The van der Waals surface area contributed by atoms with Crippen molar-refractivity contribution in [3.05, 3.63) is 52.7 Å². The van der Waals surface area contributed by atoms with Crippen LogP contribution in [0.1, 0.15) is 30.5 Å². The quantitative estimate of drug-likeness (QED) is 0.827. The van der Waals surface area contributed by atoms with Crippen LogP contribution in [0.5, 0.6) is 5.75 Å². The minimum atomic E-state index is -4.49. The highest BCUT2D eigenvalue weighted by Gasteiger charge is 2.31. The third-order valence-electron chi connectivity index (χ3n) is 3.20. The van der Waals surface area contributed by atoms with E-state index >= 15 is 0 Å². The number of phenols is 1. The van der Waals surface area contributed by atoms with Crippen molar-refractivity contribution in [2.45, 2.75) is 25.6 Å². The lowest BCUT2D eigenvalue weighted by atomic mass is 10.0. The maximum absolute atomic E-state index is 12.6. The molecule has 1 aromatic carbocycles. The van der Waals surface area contributed by atoms with Gasteiger partial charge in [0.05, 0.1) is 16.6 Å². The van der Waals surface area contributed by atoms with E-state index < -0.39 is 11.7 Å². The van der Waals surface area contributed by atoms with E-state index in [9.17, 15) is 18.3 Å². The fourth-order valence-corrected chi connectivity index (χ4v) is 2.27. The zero-order valence-electron chi connectivity index (χ0n) is 11.7. The molecule has 0 amide bonds. The molecule has 2 aromatic rings. The van der Waals surface area contributed by atoms with Crippen LogP contribution in [-0.2, 0) is 6.18 Å². The first-order valence-electron chi connectivity index (χ1n) is 6.60. The number of pyridine rings is 1. The highest BCUT2D eigenvalue weighted by atomic mass is 35.5. The largest absolute Gasteiger partial charge is 0.508 e. The molecule has 0 spiro atoms. The third kappa shape index (κ3) is 3.62. The van der Waals surface area contributed by atoms with Crippen molar-refractivity contribution in [1.29, 1.82) is 0 Å². The molecule has 0 aliphatic carbocycles. The van der Waals surface area contributed by atoms with Crippen LogP contribution in [0.25, 0.3) is 0 Å². The Bertz CT molecular complexity index is 661. The Labute approximate surface area is 130 Å². The van der Waals surface area contributed by atoms with Gasteiger partial charge in [0.2, 0.25) is 0 Å². The Morgan fingerprint density at radius 1 is 1.32 bits per heavy atom. The second-order valence-electron chi connectivity index (χ2n) is 4.72. The van der Waals surface area contributed by atoms with Crippen molar-refractivity contribution in [3.8, 4) is 5.75 Å². The summed E-state index contributed by atoms with van der Waals surface area (Å²) in [6.45, 7) is 1.88. The molecule has 0 aliphatic rings. The number of hydrogen-bond acceptors (Lipinski definition) is 3. The standard InChI is InChI=1S/C15H14ClF3N2O/c1-2-12(10-5-3-4-6-13(10)22)21-14-11(16)7-9(8-20-14)15(17,18)19/h3-8,12,22H,2H2,1H3,(H,20,21)/t12-/m1/s1. The lowest BCUT2D eigenvalue weighted by molar-refractivity contribution is -0.137. The molecule has 1 aromatic heterocycles. The second kappa shape index (κ2) is 6.44. The Morgan fingerprint density at radius 3 is 2.55 bits per heavy atom. The van der Waals surface area contributed by atoms with Crippen LogP contribution in [-0.4, -0.2) is 10.1 Å². The Hall–Kier alpha value is -1.95. The van der Waals surface area contributed by atoms with Crippen molar-refractivity contribution in [2.75, 3.05) is 5.32 Å². The third-order valence-corrected chi connectivity index (χ3v) is 3.49. The van der Waals surface area contributed by atoms with Crippen LogP contribution in [0.2, 0.25) is 5.02 Å². The number of halogens is 4. The van der Waals surface area contributed by atoms with Gasteiger partial charge in [-0.05, 0) is 18.6 Å². The van der Waals surface area contributed by atoms with E-state index in [0.717, 1.165) is 12.3 Å².